The summed E-state index contributed by atoms with van der Waals surface area (Å²) in [6.45, 7) is 0. The second kappa shape index (κ2) is 11.2. The van der Waals surface area contributed by atoms with Crippen molar-refractivity contribution in [1.29, 1.82) is 5.26 Å². The minimum Gasteiger partial charge on any atom is -0.493 e. The van der Waals surface area contributed by atoms with Crippen LogP contribution >= 0.6 is 0 Å². The molecule has 1 fully saturated rings. The molecule has 3 aromatic carbocycles. The maximum atomic E-state index is 15.0. The number of ketones is 1. The van der Waals surface area contributed by atoms with Gasteiger partial charge in [0, 0.05) is 23.9 Å². The molecule has 0 radical (unpaired) electrons. The normalized spacial score (nSPS) is 13.8. The molecule has 1 heterocycles. The number of nitriles is 1. The number of Topliss-reactive ketones (excluding diaryl/α,β-unsaturated/α-hetero) is 1. The molecule has 11 heteroatoms. The number of methoxy groups -OCH3 is 2. The van der Waals surface area contributed by atoms with E-state index in [1.165, 1.54) is 20.5 Å². The van der Waals surface area contributed by atoms with Gasteiger partial charge in [0.15, 0.2) is 11.5 Å². The molecule has 1 aliphatic carbocycles. The van der Waals surface area contributed by atoms with Gasteiger partial charge in [-0.05, 0) is 36.6 Å². The third-order valence-corrected chi connectivity index (χ3v) is 7.13. The number of rotatable bonds is 8. The van der Waals surface area contributed by atoms with Gasteiger partial charge in [-0.15, -0.1) is 0 Å². The lowest BCUT2D eigenvalue weighted by molar-refractivity contribution is -0.112. The van der Waals surface area contributed by atoms with Crippen LogP contribution in [0.15, 0.2) is 54.9 Å². The first-order chi connectivity index (χ1) is 19.8. The van der Waals surface area contributed by atoms with Crippen LogP contribution in [0.2, 0.25) is 0 Å². The number of ether oxygens (including phenoxy) is 3. The van der Waals surface area contributed by atoms with E-state index < -0.39 is 34.3 Å². The molecule has 0 atom stereocenters. The average Bonchev–Trinajstić information content (AvgIpc) is 3.47. The molecule has 1 saturated carbocycles. The van der Waals surface area contributed by atoms with Crippen molar-refractivity contribution in [1.82, 2.24) is 9.97 Å². The Labute approximate surface area is 233 Å². The Balaban J connectivity index is 1.34. The first-order valence-corrected chi connectivity index (χ1v) is 12.7. The molecule has 4 aromatic rings. The Hall–Kier alpha value is -5.11. The van der Waals surface area contributed by atoms with Crippen LogP contribution in [0.5, 0.6) is 23.1 Å². The number of carbonyl (C=O) groups excluding carboxylic acids is 2. The van der Waals surface area contributed by atoms with Crippen LogP contribution in [0.4, 0.5) is 14.5 Å². The number of halogens is 2. The molecule has 9 nitrogen and oxygen atoms in total. The number of anilines is 1. The molecular weight excluding hydrogens is 534 g/mol. The summed E-state index contributed by atoms with van der Waals surface area (Å²) >= 11 is 0. The minimum absolute atomic E-state index is 0.0224. The highest BCUT2D eigenvalue weighted by molar-refractivity contribution is 6.46. The molecule has 0 saturated heterocycles. The van der Waals surface area contributed by atoms with Crippen molar-refractivity contribution in [3.8, 4) is 29.2 Å². The maximum absolute atomic E-state index is 15.0. The van der Waals surface area contributed by atoms with Gasteiger partial charge in [-0.3, -0.25) is 9.59 Å². The number of fused-ring (bicyclic) bond motifs is 1. The summed E-state index contributed by atoms with van der Waals surface area (Å²) in [5.74, 6) is -4.73. The topological polar surface area (TPSA) is 123 Å². The number of aromatic nitrogens is 2. The van der Waals surface area contributed by atoms with Crippen LogP contribution in [-0.4, -0.2) is 35.9 Å². The second-order valence-corrected chi connectivity index (χ2v) is 9.53. The van der Waals surface area contributed by atoms with E-state index in [0.717, 1.165) is 43.4 Å². The van der Waals surface area contributed by atoms with Gasteiger partial charge in [0.1, 0.15) is 23.7 Å². The second-order valence-electron chi connectivity index (χ2n) is 9.53. The summed E-state index contributed by atoms with van der Waals surface area (Å²) in [6.07, 6.45) is 4.63. The molecule has 0 unspecified atom stereocenters. The smallest absolute Gasteiger partial charge is 0.296 e. The summed E-state index contributed by atoms with van der Waals surface area (Å²) in [5.41, 5.74) is -0.0908. The van der Waals surface area contributed by atoms with E-state index in [2.05, 4.69) is 21.4 Å². The van der Waals surface area contributed by atoms with Gasteiger partial charge in [-0.25, -0.2) is 18.7 Å². The summed E-state index contributed by atoms with van der Waals surface area (Å²) < 4.78 is 46.1. The standard InChI is InChI=1S/C30H24F2N4O5/c1-39-24-13-20-23(14-25(24)40-2)34-16-35-29(20)41-19-11-21(31)26(22(32)12-19)27(37)28(38)36-18-7-5-17(6-8-18)30(15-33)9-3-4-10-30/h5-8,11-14,16H,3-4,9-10H2,1-2H3,(H,36,38). The van der Waals surface area contributed by atoms with Gasteiger partial charge in [0.25, 0.3) is 11.7 Å². The lowest BCUT2D eigenvalue weighted by Crippen LogP contribution is -2.25. The van der Waals surface area contributed by atoms with Crippen molar-refractivity contribution in [2.75, 3.05) is 19.5 Å². The molecule has 208 valence electrons. The fourth-order valence-electron chi connectivity index (χ4n) is 5.00. The first kappa shape index (κ1) is 27.5. The van der Waals surface area contributed by atoms with Crippen LogP contribution < -0.4 is 19.5 Å². The van der Waals surface area contributed by atoms with E-state index in [9.17, 15) is 23.6 Å². The van der Waals surface area contributed by atoms with Gasteiger partial charge >= 0.3 is 0 Å². The van der Waals surface area contributed by atoms with E-state index in [0.29, 0.717) is 22.4 Å². The molecule has 1 amide bonds. The molecule has 1 N–H and O–H groups in total. The van der Waals surface area contributed by atoms with Crippen molar-refractivity contribution < 1.29 is 32.6 Å². The Morgan fingerprint density at radius 2 is 1.59 bits per heavy atom. The number of nitrogens with one attached hydrogen (secondary N) is 1. The number of hydrogen-bond donors (Lipinski definition) is 1. The highest BCUT2D eigenvalue weighted by Gasteiger charge is 2.35. The van der Waals surface area contributed by atoms with Crippen molar-refractivity contribution >= 4 is 28.3 Å². The van der Waals surface area contributed by atoms with E-state index in [1.807, 2.05) is 0 Å². The predicted octanol–water partition coefficient (Wildman–Crippen LogP) is 5.87. The molecule has 1 aromatic heterocycles. The molecule has 41 heavy (non-hydrogen) atoms. The molecule has 0 spiro atoms. The number of amides is 1. The Morgan fingerprint density at radius 3 is 2.20 bits per heavy atom. The molecular formula is C30H24F2N4O5. The molecule has 0 bridgehead atoms. The summed E-state index contributed by atoms with van der Waals surface area (Å²) in [6, 6.07) is 13.6. The van der Waals surface area contributed by atoms with Crippen LogP contribution in [0.3, 0.4) is 0 Å². The fourth-order valence-corrected chi connectivity index (χ4v) is 5.00. The van der Waals surface area contributed by atoms with E-state index in [-0.39, 0.29) is 17.3 Å². The van der Waals surface area contributed by atoms with Crippen molar-refractivity contribution in [2.45, 2.75) is 31.1 Å². The zero-order valence-corrected chi connectivity index (χ0v) is 22.2. The molecule has 0 aliphatic heterocycles. The van der Waals surface area contributed by atoms with Gasteiger partial charge in [0.2, 0.25) is 5.88 Å². The van der Waals surface area contributed by atoms with Gasteiger partial charge in [-0.2, -0.15) is 5.26 Å². The van der Waals surface area contributed by atoms with Gasteiger partial charge in [0.05, 0.1) is 42.2 Å². The summed E-state index contributed by atoms with van der Waals surface area (Å²) in [5, 5.41) is 12.4. The van der Waals surface area contributed by atoms with Crippen molar-refractivity contribution in [2.24, 2.45) is 0 Å². The van der Waals surface area contributed by atoms with Crippen LogP contribution in [0.25, 0.3) is 10.9 Å². The van der Waals surface area contributed by atoms with E-state index >= 15 is 0 Å². The number of benzene rings is 3. The van der Waals surface area contributed by atoms with E-state index in [1.54, 1.807) is 36.4 Å². The highest BCUT2D eigenvalue weighted by Crippen LogP contribution is 2.41. The molecule has 1 aliphatic rings. The zero-order valence-electron chi connectivity index (χ0n) is 22.2. The SMILES string of the molecule is COc1cc2ncnc(Oc3cc(F)c(C(=O)C(=O)Nc4ccc(C5(C#N)CCCC5)cc4)c(F)c3)c2cc1OC. The van der Waals surface area contributed by atoms with Crippen LogP contribution in [0.1, 0.15) is 41.6 Å². The largest absolute Gasteiger partial charge is 0.493 e. The van der Waals surface area contributed by atoms with Crippen molar-refractivity contribution in [3.63, 3.8) is 0 Å². The quantitative estimate of drug-likeness (QED) is 0.210. The minimum atomic E-state index is -1.40. The number of hydrogen-bond acceptors (Lipinski definition) is 8. The third-order valence-electron chi connectivity index (χ3n) is 7.13. The lowest BCUT2D eigenvalue weighted by atomic mass is 9.80. The highest BCUT2D eigenvalue weighted by atomic mass is 19.1. The van der Waals surface area contributed by atoms with Crippen LogP contribution in [-0.2, 0) is 10.2 Å². The van der Waals surface area contributed by atoms with Crippen molar-refractivity contribution in [3.05, 3.63) is 77.6 Å². The van der Waals surface area contributed by atoms with E-state index in [4.69, 9.17) is 14.2 Å². The van der Waals surface area contributed by atoms with Gasteiger partial charge < -0.3 is 19.5 Å². The Kier molecular flexibility index (Phi) is 7.48. The predicted molar refractivity (Wildman–Crippen MR) is 144 cm³/mol. The van der Waals surface area contributed by atoms with Crippen LogP contribution in [0, 0.1) is 23.0 Å². The third kappa shape index (κ3) is 5.24. The Morgan fingerprint density at radius 1 is 0.951 bits per heavy atom. The lowest BCUT2D eigenvalue weighted by Gasteiger charge is -2.20. The molecule has 5 rings (SSSR count). The van der Waals surface area contributed by atoms with Gasteiger partial charge in [-0.1, -0.05) is 25.0 Å². The number of nitrogens with zero attached hydrogens (tertiary/aromatic N) is 3. The number of carbonyl (C=O) groups is 2. The summed E-state index contributed by atoms with van der Waals surface area (Å²) in [7, 11) is 2.91. The Bertz CT molecular complexity index is 1670. The zero-order chi connectivity index (χ0) is 29.1. The first-order valence-electron chi connectivity index (χ1n) is 12.7. The summed E-state index contributed by atoms with van der Waals surface area (Å²) in [4.78, 5) is 33.5. The fraction of sp³-hybridized carbons (Fsp3) is 0.233. The monoisotopic (exact) mass is 558 g/mol. The maximum Gasteiger partial charge on any atom is 0.296 e. The average molecular weight is 559 g/mol.